The quantitative estimate of drug-likeness (QED) is 0.143. The van der Waals surface area contributed by atoms with Crippen molar-refractivity contribution in [3.05, 3.63) is 57.6 Å². The van der Waals surface area contributed by atoms with Gasteiger partial charge in [-0.25, -0.2) is 19.6 Å². The van der Waals surface area contributed by atoms with Crippen LogP contribution in [-0.4, -0.2) is 111 Å². The van der Waals surface area contributed by atoms with Crippen LogP contribution in [0.3, 0.4) is 0 Å². The van der Waals surface area contributed by atoms with Gasteiger partial charge in [0.2, 0.25) is 11.5 Å². The van der Waals surface area contributed by atoms with E-state index in [0.717, 1.165) is 78.2 Å². The highest BCUT2D eigenvalue weighted by molar-refractivity contribution is 7.15. The van der Waals surface area contributed by atoms with Crippen molar-refractivity contribution in [1.82, 2.24) is 19.8 Å². The molecule has 2 aromatic carbocycles. The summed E-state index contributed by atoms with van der Waals surface area (Å²) in [6, 6.07) is 7.84. The van der Waals surface area contributed by atoms with Crippen LogP contribution in [0.2, 0.25) is 0 Å². The molecule has 0 unspecified atom stereocenters. The number of hydrogen-bond acceptors (Lipinski definition) is 14. The number of rotatable bonds is 14. The summed E-state index contributed by atoms with van der Waals surface area (Å²) in [5.74, 6) is 1.15. The fourth-order valence-corrected chi connectivity index (χ4v) is 7.88. The SMILES string of the molecule is COc1cc(-c2nc(C)c(CN3CCCN(Cc4sc(-c5cc(OC)c(OC)c(OC)c5)nc4C)CC3)s2)cc(OC)c1OC.O=C(O)/C=C\C(=O)O. The number of carboxylic acids is 2. The van der Waals surface area contributed by atoms with E-state index in [-0.39, 0.29) is 0 Å². The number of ether oxygens (including phenoxy) is 6. The van der Waals surface area contributed by atoms with E-state index in [9.17, 15) is 9.59 Å². The molecule has 0 bridgehead atoms. The number of aryl methyl sites for hydroxylation is 2. The molecule has 1 aliphatic rings. The lowest BCUT2D eigenvalue weighted by molar-refractivity contribution is -0.134. The van der Waals surface area contributed by atoms with Crippen LogP contribution in [0.1, 0.15) is 27.6 Å². The molecule has 0 amide bonds. The van der Waals surface area contributed by atoms with Crippen LogP contribution in [-0.2, 0) is 22.7 Å². The number of hydrogen-bond donors (Lipinski definition) is 2. The highest BCUT2D eigenvalue weighted by Gasteiger charge is 2.22. The fraction of sp³-hybridized carbons (Fsp3) is 0.405. The summed E-state index contributed by atoms with van der Waals surface area (Å²) in [7, 11) is 9.75. The van der Waals surface area contributed by atoms with Crippen LogP contribution in [0.25, 0.3) is 21.1 Å². The zero-order valence-electron chi connectivity index (χ0n) is 31.2. The normalized spacial score (nSPS) is 13.5. The summed E-state index contributed by atoms with van der Waals surface area (Å²) >= 11 is 3.46. The zero-order chi connectivity index (χ0) is 38.7. The predicted molar refractivity (Wildman–Crippen MR) is 203 cm³/mol. The minimum atomic E-state index is -1.26. The molecule has 53 heavy (non-hydrogen) atoms. The number of aliphatic carboxylic acids is 2. The largest absolute Gasteiger partial charge is 0.493 e. The number of methoxy groups -OCH3 is 6. The van der Waals surface area contributed by atoms with E-state index in [1.807, 2.05) is 24.3 Å². The molecule has 2 N–H and O–H groups in total. The first kappa shape index (κ1) is 40.9. The first-order valence-electron chi connectivity index (χ1n) is 16.6. The summed E-state index contributed by atoms with van der Waals surface area (Å²) in [4.78, 5) is 36.6. The monoisotopic (exact) mass is 770 g/mol. The van der Waals surface area contributed by atoms with Crippen molar-refractivity contribution in [1.29, 1.82) is 0 Å². The fourth-order valence-electron chi connectivity index (χ4n) is 5.69. The minimum absolute atomic E-state index is 0.558. The Morgan fingerprint density at radius 3 is 1.25 bits per heavy atom. The predicted octanol–water partition coefficient (Wildman–Crippen LogP) is 6.02. The van der Waals surface area contributed by atoms with Crippen LogP contribution >= 0.6 is 22.7 Å². The molecule has 5 rings (SSSR count). The third kappa shape index (κ3) is 10.6. The molecule has 0 spiro atoms. The molecule has 0 radical (unpaired) electrons. The molecule has 1 fully saturated rings. The second-order valence-corrected chi connectivity index (χ2v) is 14.0. The Kier molecular flexibility index (Phi) is 14.8. The highest BCUT2D eigenvalue weighted by Crippen LogP contribution is 2.44. The number of nitrogens with zero attached hydrogens (tertiary/aromatic N) is 4. The maximum absolute atomic E-state index is 9.55. The Bertz CT molecular complexity index is 1720. The Morgan fingerprint density at radius 1 is 0.623 bits per heavy atom. The van der Waals surface area contributed by atoms with Crippen LogP contribution in [0.5, 0.6) is 34.5 Å². The van der Waals surface area contributed by atoms with Crippen molar-refractivity contribution in [2.75, 3.05) is 68.8 Å². The standard InChI is InChI=1S/C33H42N4O6S2.C4H4O4/c1-20-28(44-32(34-20)22-14-24(38-3)30(42-7)25(15-22)39-4)18-36-10-9-11-37(13-12-36)19-29-21(2)35-33(45-29)23-16-26(40-5)31(43-8)27(17-23)41-6;5-3(6)1-2-4(7)8/h14-17H,9-13,18-19H2,1-8H3;1-2H,(H,5,6)(H,7,8)/b;2-1-. The lowest BCUT2D eigenvalue weighted by Crippen LogP contribution is -2.30. The van der Waals surface area contributed by atoms with Gasteiger partial charge in [-0.2, -0.15) is 0 Å². The van der Waals surface area contributed by atoms with Gasteiger partial charge in [0.15, 0.2) is 23.0 Å². The second-order valence-electron chi connectivity index (χ2n) is 11.8. The topological polar surface area (TPSA) is 162 Å². The molecule has 14 nitrogen and oxygen atoms in total. The van der Waals surface area contributed by atoms with Gasteiger partial charge in [-0.05, 0) is 57.6 Å². The molecule has 0 atom stereocenters. The zero-order valence-corrected chi connectivity index (χ0v) is 32.8. The van der Waals surface area contributed by atoms with Crippen molar-refractivity contribution in [3.63, 3.8) is 0 Å². The van der Waals surface area contributed by atoms with Crippen LogP contribution in [0, 0.1) is 13.8 Å². The molecule has 1 aliphatic heterocycles. The van der Waals surface area contributed by atoms with Gasteiger partial charge in [0.25, 0.3) is 0 Å². The average molecular weight is 771 g/mol. The van der Waals surface area contributed by atoms with Crippen molar-refractivity contribution in [2.45, 2.75) is 33.4 Å². The van der Waals surface area contributed by atoms with Gasteiger partial charge in [-0.1, -0.05) is 0 Å². The van der Waals surface area contributed by atoms with Crippen molar-refractivity contribution in [2.24, 2.45) is 0 Å². The minimum Gasteiger partial charge on any atom is -0.493 e. The molecule has 3 heterocycles. The van der Waals surface area contributed by atoms with E-state index >= 15 is 0 Å². The van der Waals surface area contributed by atoms with E-state index in [0.29, 0.717) is 46.6 Å². The van der Waals surface area contributed by atoms with Gasteiger partial charge in [-0.15, -0.1) is 22.7 Å². The van der Waals surface area contributed by atoms with Gasteiger partial charge in [0.1, 0.15) is 10.0 Å². The Morgan fingerprint density at radius 2 is 0.962 bits per heavy atom. The van der Waals surface area contributed by atoms with Gasteiger partial charge in [0.05, 0.1) is 54.0 Å². The summed E-state index contributed by atoms with van der Waals surface area (Å²) in [5.41, 5.74) is 4.03. The molecule has 0 aliphatic carbocycles. The van der Waals surface area contributed by atoms with E-state index < -0.39 is 11.9 Å². The molecule has 1 saturated heterocycles. The van der Waals surface area contributed by atoms with Gasteiger partial charge < -0.3 is 38.6 Å². The second kappa shape index (κ2) is 19.3. The van der Waals surface area contributed by atoms with Crippen LogP contribution in [0.15, 0.2) is 36.4 Å². The molecular weight excluding hydrogens is 725 g/mol. The summed E-state index contributed by atoms with van der Waals surface area (Å²) in [6.45, 7) is 10.0. The summed E-state index contributed by atoms with van der Waals surface area (Å²) in [5, 5.41) is 17.5. The van der Waals surface area contributed by atoms with E-state index in [1.54, 1.807) is 65.3 Å². The Labute approximate surface area is 317 Å². The maximum atomic E-state index is 9.55. The number of carbonyl (C=O) groups is 2. The number of thiazole rings is 2. The van der Waals surface area contributed by atoms with Crippen molar-refractivity contribution >= 4 is 34.6 Å². The van der Waals surface area contributed by atoms with E-state index in [1.165, 1.54) is 9.75 Å². The third-order valence-corrected chi connectivity index (χ3v) is 10.8. The first-order valence-corrected chi connectivity index (χ1v) is 18.2. The third-order valence-electron chi connectivity index (χ3n) is 8.39. The summed E-state index contributed by atoms with van der Waals surface area (Å²) in [6.07, 6.45) is 2.22. The Hall–Kier alpha value is -4.90. The van der Waals surface area contributed by atoms with E-state index in [4.69, 9.17) is 48.6 Å². The van der Waals surface area contributed by atoms with Crippen molar-refractivity contribution in [3.8, 4) is 55.6 Å². The smallest absolute Gasteiger partial charge is 0.328 e. The average Bonchev–Trinajstić information content (AvgIpc) is 3.62. The first-order chi connectivity index (χ1) is 25.4. The number of benzene rings is 2. The number of carboxylic acid groups (broad SMARTS) is 2. The maximum Gasteiger partial charge on any atom is 0.328 e. The van der Waals surface area contributed by atoms with Crippen LogP contribution < -0.4 is 28.4 Å². The molecular formula is C37H46N4O10S2. The Balaban J connectivity index is 0.000000703. The van der Waals surface area contributed by atoms with Crippen LogP contribution in [0.4, 0.5) is 0 Å². The van der Waals surface area contributed by atoms with E-state index in [2.05, 4.69) is 23.6 Å². The number of aromatic nitrogens is 2. The molecule has 286 valence electrons. The molecule has 2 aromatic heterocycles. The van der Waals surface area contributed by atoms with Gasteiger partial charge in [-0.3, -0.25) is 9.80 Å². The van der Waals surface area contributed by atoms with Crippen molar-refractivity contribution < 1.29 is 48.2 Å². The molecule has 16 heteroatoms. The molecule has 0 saturated carbocycles. The summed E-state index contributed by atoms with van der Waals surface area (Å²) < 4.78 is 33.3. The molecule has 4 aromatic rings. The van der Waals surface area contributed by atoms with Gasteiger partial charge >= 0.3 is 11.9 Å². The van der Waals surface area contributed by atoms with Gasteiger partial charge in [0, 0.05) is 59.2 Å². The lowest BCUT2D eigenvalue weighted by Gasteiger charge is -2.21. The lowest BCUT2D eigenvalue weighted by atomic mass is 10.2. The highest BCUT2D eigenvalue weighted by atomic mass is 32.1.